The van der Waals surface area contributed by atoms with Crippen molar-refractivity contribution in [3.8, 4) is 5.13 Å². The second kappa shape index (κ2) is 4.98. The molecule has 2 rings (SSSR count). The molecular weight excluding hydrogens is 232 g/mol. The molecule has 0 unspecified atom stereocenters. The minimum atomic E-state index is 0.476. The van der Waals surface area contributed by atoms with Crippen molar-refractivity contribution < 1.29 is 0 Å². The molecule has 0 saturated carbocycles. The fourth-order valence-electron chi connectivity index (χ4n) is 1.43. The van der Waals surface area contributed by atoms with Crippen LogP contribution in [0.25, 0.3) is 5.13 Å². The van der Waals surface area contributed by atoms with E-state index >= 15 is 0 Å². The highest BCUT2D eigenvalue weighted by Gasteiger charge is 2.07. The summed E-state index contributed by atoms with van der Waals surface area (Å²) in [5.41, 5.74) is 2.14. The van der Waals surface area contributed by atoms with E-state index in [0.29, 0.717) is 6.04 Å². The normalized spacial score (nSPS) is 11.4. The average Bonchev–Trinajstić information content (AvgIpc) is 2.84. The molecule has 0 fully saturated rings. The Morgan fingerprint density at radius 3 is 2.76 bits per heavy atom. The number of nitrogens with one attached hydrogen (secondary N) is 1. The van der Waals surface area contributed by atoms with E-state index in [2.05, 4.69) is 36.1 Å². The van der Waals surface area contributed by atoms with Gasteiger partial charge in [-0.3, -0.25) is 4.57 Å². The van der Waals surface area contributed by atoms with Gasteiger partial charge in [-0.1, -0.05) is 13.8 Å². The molecule has 2 heterocycles. The number of hydrogen-bond donors (Lipinski definition) is 1. The number of aryl methyl sites for hydroxylation is 2. The molecule has 0 atom stereocenters. The number of imidazole rings is 1. The Hall–Kier alpha value is -1.20. The van der Waals surface area contributed by atoms with Crippen LogP contribution in [0, 0.1) is 13.8 Å². The van der Waals surface area contributed by atoms with Crippen LogP contribution in [0.5, 0.6) is 0 Å². The predicted octanol–water partition coefficient (Wildman–Crippen LogP) is 2.44. The molecule has 0 bridgehead atoms. The highest BCUT2D eigenvalue weighted by Crippen LogP contribution is 2.20. The summed E-state index contributed by atoms with van der Waals surface area (Å²) >= 11 is 1.70. The summed E-state index contributed by atoms with van der Waals surface area (Å²) in [5, 5.41) is 4.34. The molecule has 0 aliphatic heterocycles. The quantitative estimate of drug-likeness (QED) is 0.906. The molecule has 0 saturated heterocycles. The maximum atomic E-state index is 4.51. The van der Waals surface area contributed by atoms with Crippen LogP contribution in [0.1, 0.15) is 30.1 Å². The largest absolute Gasteiger partial charge is 0.309 e. The van der Waals surface area contributed by atoms with Crippen molar-refractivity contribution in [2.24, 2.45) is 0 Å². The zero-order valence-electron chi connectivity index (χ0n) is 10.7. The van der Waals surface area contributed by atoms with Gasteiger partial charge in [0.05, 0.1) is 11.4 Å². The Kier molecular flexibility index (Phi) is 3.59. The van der Waals surface area contributed by atoms with E-state index < -0.39 is 0 Å². The first kappa shape index (κ1) is 12.3. The van der Waals surface area contributed by atoms with Gasteiger partial charge in [-0.05, 0) is 13.8 Å². The Morgan fingerprint density at radius 2 is 2.18 bits per heavy atom. The van der Waals surface area contributed by atoms with Crippen molar-refractivity contribution in [3.63, 3.8) is 0 Å². The lowest BCUT2D eigenvalue weighted by Crippen LogP contribution is -2.21. The van der Waals surface area contributed by atoms with Crippen LogP contribution >= 0.6 is 11.3 Å². The monoisotopic (exact) mass is 250 g/mol. The van der Waals surface area contributed by atoms with Gasteiger partial charge in [0.25, 0.3) is 0 Å². The lowest BCUT2D eigenvalue weighted by atomic mass is 10.3. The Labute approximate surface area is 106 Å². The van der Waals surface area contributed by atoms with Crippen LogP contribution in [0.2, 0.25) is 0 Å². The van der Waals surface area contributed by atoms with E-state index in [-0.39, 0.29) is 0 Å². The Morgan fingerprint density at radius 1 is 1.41 bits per heavy atom. The summed E-state index contributed by atoms with van der Waals surface area (Å²) in [6.07, 6.45) is 3.86. The molecule has 0 spiro atoms. The standard InChI is InChI=1S/C12H18N4S/c1-8(2)13-5-11-6-16(7-14-11)12-15-9(3)10(4)17-12/h6-8,13H,5H2,1-4H3. The first-order chi connectivity index (χ1) is 8.06. The summed E-state index contributed by atoms with van der Waals surface area (Å²) in [7, 11) is 0. The van der Waals surface area contributed by atoms with Gasteiger partial charge in [0.1, 0.15) is 6.33 Å². The van der Waals surface area contributed by atoms with Gasteiger partial charge in [0, 0.05) is 23.7 Å². The minimum absolute atomic E-state index is 0.476. The maximum Gasteiger partial charge on any atom is 0.195 e. The topological polar surface area (TPSA) is 42.7 Å². The zero-order valence-corrected chi connectivity index (χ0v) is 11.5. The second-order valence-corrected chi connectivity index (χ2v) is 5.63. The minimum Gasteiger partial charge on any atom is -0.309 e. The molecule has 4 nitrogen and oxygen atoms in total. The van der Waals surface area contributed by atoms with Crippen molar-refractivity contribution in [2.45, 2.75) is 40.3 Å². The molecule has 92 valence electrons. The van der Waals surface area contributed by atoms with Gasteiger partial charge in [-0.25, -0.2) is 9.97 Å². The molecule has 5 heteroatoms. The summed E-state index contributed by atoms with van der Waals surface area (Å²) in [5.74, 6) is 0. The Bertz CT molecular complexity index is 479. The zero-order chi connectivity index (χ0) is 12.4. The van der Waals surface area contributed by atoms with Crippen molar-refractivity contribution in [1.82, 2.24) is 19.9 Å². The number of rotatable bonds is 4. The average molecular weight is 250 g/mol. The molecule has 0 aromatic carbocycles. The van der Waals surface area contributed by atoms with Gasteiger partial charge in [0.2, 0.25) is 0 Å². The molecule has 0 aliphatic carbocycles. The van der Waals surface area contributed by atoms with Gasteiger partial charge < -0.3 is 5.32 Å². The second-order valence-electron chi connectivity index (χ2n) is 4.45. The number of aromatic nitrogens is 3. The fourth-order valence-corrected chi connectivity index (χ4v) is 2.29. The van der Waals surface area contributed by atoms with E-state index in [1.165, 1.54) is 4.88 Å². The summed E-state index contributed by atoms with van der Waals surface area (Å²) < 4.78 is 1.99. The van der Waals surface area contributed by atoms with E-state index in [9.17, 15) is 0 Å². The van der Waals surface area contributed by atoms with Gasteiger partial charge >= 0.3 is 0 Å². The SMILES string of the molecule is Cc1nc(-n2cnc(CNC(C)C)c2)sc1C. The number of hydrogen-bond acceptors (Lipinski definition) is 4. The fraction of sp³-hybridized carbons (Fsp3) is 0.500. The van der Waals surface area contributed by atoms with Crippen LogP contribution in [0.15, 0.2) is 12.5 Å². The highest BCUT2D eigenvalue weighted by molar-refractivity contribution is 7.14. The van der Waals surface area contributed by atoms with Crippen LogP contribution < -0.4 is 5.32 Å². The van der Waals surface area contributed by atoms with Crippen LogP contribution in [0.3, 0.4) is 0 Å². The molecular formula is C12H18N4S. The van der Waals surface area contributed by atoms with Crippen molar-refractivity contribution >= 4 is 11.3 Å². The molecule has 0 aliphatic rings. The van der Waals surface area contributed by atoms with E-state index in [0.717, 1.165) is 23.1 Å². The Balaban J connectivity index is 2.12. The van der Waals surface area contributed by atoms with Gasteiger partial charge in [-0.15, -0.1) is 11.3 Å². The van der Waals surface area contributed by atoms with Gasteiger partial charge in [-0.2, -0.15) is 0 Å². The molecule has 2 aromatic rings. The van der Waals surface area contributed by atoms with E-state index in [4.69, 9.17) is 0 Å². The summed E-state index contributed by atoms with van der Waals surface area (Å²) in [4.78, 5) is 10.1. The van der Waals surface area contributed by atoms with Crippen LogP contribution in [-0.4, -0.2) is 20.6 Å². The van der Waals surface area contributed by atoms with Crippen molar-refractivity contribution in [1.29, 1.82) is 0 Å². The molecule has 2 aromatic heterocycles. The van der Waals surface area contributed by atoms with E-state index in [1.54, 1.807) is 11.3 Å². The first-order valence-electron chi connectivity index (χ1n) is 5.77. The smallest absolute Gasteiger partial charge is 0.195 e. The number of thiazole rings is 1. The molecule has 17 heavy (non-hydrogen) atoms. The third kappa shape index (κ3) is 2.92. The molecule has 1 N–H and O–H groups in total. The van der Waals surface area contributed by atoms with Crippen LogP contribution in [0.4, 0.5) is 0 Å². The van der Waals surface area contributed by atoms with Crippen LogP contribution in [-0.2, 0) is 6.54 Å². The third-order valence-electron chi connectivity index (χ3n) is 2.57. The summed E-state index contributed by atoms with van der Waals surface area (Å²) in [6, 6.07) is 0.476. The molecule has 0 radical (unpaired) electrons. The molecule has 0 amide bonds. The number of nitrogens with zero attached hydrogens (tertiary/aromatic N) is 3. The van der Waals surface area contributed by atoms with Gasteiger partial charge in [0.15, 0.2) is 5.13 Å². The summed E-state index contributed by atoms with van der Waals surface area (Å²) in [6.45, 7) is 9.19. The van der Waals surface area contributed by atoms with Crippen molar-refractivity contribution in [2.75, 3.05) is 0 Å². The highest BCUT2D eigenvalue weighted by atomic mass is 32.1. The lowest BCUT2D eigenvalue weighted by molar-refractivity contribution is 0.582. The van der Waals surface area contributed by atoms with Crippen molar-refractivity contribution in [3.05, 3.63) is 28.8 Å². The third-order valence-corrected chi connectivity index (χ3v) is 3.65. The lowest BCUT2D eigenvalue weighted by Gasteiger charge is -2.04. The predicted molar refractivity (Wildman–Crippen MR) is 70.7 cm³/mol. The first-order valence-corrected chi connectivity index (χ1v) is 6.58. The maximum absolute atomic E-state index is 4.51. The van der Waals surface area contributed by atoms with E-state index in [1.807, 2.05) is 24.0 Å².